The minimum Gasteiger partial charge on any atom is -0.481 e. The van der Waals surface area contributed by atoms with Crippen molar-refractivity contribution in [2.45, 2.75) is 59.9 Å². The Morgan fingerprint density at radius 3 is 1.78 bits per heavy atom. The molecule has 0 fully saturated rings. The van der Waals surface area contributed by atoms with Gasteiger partial charge in [0.15, 0.2) is 0 Å². The molecule has 238 valence electrons. The standard InChI is InChI=1S/C39H43N3O4/c1-27(2)24-29-15-19-32(20-16-29)42(5,33-21-17-30(18-22-33)25-28(3)4)34-11-8-10-31(26-34)38(45)41-36-13-7-6-12-35(36)40(39(41)46)23-9-14-37(43)44/h6-8,10-13,15-22,26-28H,9,14,23-25H2,1-5H3/p+1. The molecule has 0 saturated carbocycles. The van der Waals surface area contributed by atoms with Gasteiger partial charge in [0.05, 0.1) is 18.1 Å². The number of aromatic nitrogens is 2. The molecule has 46 heavy (non-hydrogen) atoms. The number of fused-ring (bicyclic) bond motifs is 1. The molecule has 0 aliphatic heterocycles. The molecule has 5 aromatic rings. The van der Waals surface area contributed by atoms with Crippen LogP contribution in [0.25, 0.3) is 11.0 Å². The van der Waals surface area contributed by atoms with E-state index in [4.69, 9.17) is 5.11 Å². The summed E-state index contributed by atoms with van der Waals surface area (Å²) in [5.74, 6) is -0.245. The van der Waals surface area contributed by atoms with E-state index in [2.05, 4.69) is 83.3 Å². The third-order valence-corrected chi connectivity index (χ3v) is 8.61. The van der Waals surface area contributed by atoms with E-state index in [9.17, 15) is 14.4 Å². The Bertz CT molecular complexity index is 1840. The van der Waals surface area contributed by atoms with Gasteiger partial charge in [0, 0.05) is 54.9 Å². The van der Waals surface area contributed by atoms with Crippen molar-refractivity contribution in [3.63, 3.8) is 0 Å². The number of hydrogen-bond donors (Lipinski definition) is 1. The first-order valence-corrected chi connectivity index (χ1v) is 16.1. The molecule has 0 amide bonds. The zero-order valence-electron chi connectivity index (χ0n) is 27.4. The summed E-state index contributed by atoms with van der Waals surface area (Å²) >= 11 is 0. The van der Waals surface area contributed by atoms with Crippen LogP contribution in [0.5, 0.6) is 0 Å². The van der Waals surface area contributed by atoms with E-state index < -0.39 is 17.6 Å². The quantitative estimate of drug-likeness (QED) is 0.143. The molecule has 0 aliphatic carbocycles. The highest BCUT2D eigenvalue weighted by Gasteiger charge is 2.33. The molecule has 4 aromatic carbocycles. The Morgan fingerprint density at radius 1 is 0.717 bits per heavy atom. The summed E-state index contributed by atoms with van der Waals surface area (Å²) in [6, 6.07) is 32.1. The van der Waals surface area contributed by atoms with Crippen LogP contribution in [0.15, 0.2) is 102 Å². The second kappa shape index (κ2) is 13.7. The van der Waals surface area contributed by atoms with Crippen LogP contribution < -0.4 is 10.2 Å². The van der Waals surface area contributed by atoms with Gasteiger partial charge in [0.1, 0.15) is 17.1 Å². The molecular weight excluding hydrogens is 574 g/mol. The third kappa shape index (κ3) is 6.75. The summed E-state index contributed by atoms with van der Waals surface area (Å²) < 4.78 is 3.04. The van der Waals surface area contributed by atoms with Gasteiger partial charge < -0.3 is 5.11 Å². The number of carboxylic acids is 1. The van der Waals surface area contributed by atoms with Crippen molar-refractivity contribution < 1.29 is 14.7 Å². The summed E-state index contributed by atoms with van der Waals surface area (Å²) in [5, 5.41) is 9.12. The molecule has 0 spiro atoms. The topological polar surface area (TPSA) is 81.3 Å². The molecule has 0 aliphatic rings. The first kappa shape index (κ1) is 32.6. The Labute approximate surface area is 270 Å². The highest BCUT2D eigenvalue weighted by atomic mass is 16.4. The highest BCUT2D eigenvalue weighted by molar-refractivity contribution is 6.02. The Balaban J connectivity index is 1.60. The summed E-state index contributed by atoms with van der Waals surface area (Å²) in [6.45, 7) is 9.07. The fourth-order valence-electron chi connectivity index (χ4n) is 6.31. The smallest absolute Gasteiger partial charge is 0.336 e. The zero-order valence-corrected chi connectivity index (χ0v) is 27.4. The Morgan fingerprint density at radius 2 is 1.26 bits per heavy atom. The van der Waals surface area contributed by atoms with Gasteiger partial charge in [-0.05, 0) is 60.4 Å². The first-order valence-electron chi connectivity index (χ1n) is 16.1. The zero-order chi connectivity index (χ0) is 33.0. The van der Waals surface area contributed by atoms with E-state index in [0.717, 1.165) is 29.9 Å². The van der Waals surface area contributed by atoms with Gasteiger partial charge in [-0.2, -0.15) is 0 Å². The van der Waals surface area contributed by atoms with Crippen LogP contribution >= 0.6 is 0 Å². The number of hydrogen-bond acceptors (Lipinski definition) is 3. The van der Waals surface area contributed by atoms with Gasteiger partial charge in [-0.25, -0.2) is 13.8 Å². The van der Waals surface area contributed by atoms with Gasteiger partial charge in [0.2, 0.25) is 0 Å². The maximum absolute atomic E-state index is 14.2. The van der Waals surface area contributed by atoms with Crippen LogP contribution in [-0.4, -0.2) is 33.2 Å². The largest absolute Gasteiger partial charge is 0.481 e. The number of para-hydroxylation sites is 2. The summed E-state index contributed by atoms with van der Waals surface area (Å²) in [7, 11) is 2.14. The summed E-state index contributed by atoms with van der Waals surface area (Å²) in [5.41, 5.74) is 6.58. The van der Waals surface area contributed by atoms with Crippen molar-refractivity contribution in [2.24, 2.45) is 11.8 Å². The van der Waals surface area contributed by atoms with Gasteiger partial charge in [-0.3, -0.25) is 14.2 Å². The third-order valence-electron chi connectivity index (χ3n) is 8.61. The van der Waals surface area contributed by atoms with Gasteiger partial charge >= 0.3 is 11.7 Å². The molecule has 1 N–H and O–H groups in total. The van der Waals surface area contributed by atoms with Gasteiger partial charge in [0.25, 0.3) is 5.91 Å². The Hall–Kier alpha value is -4.75. The molecule has 0 bridgehead atoms. The number of aliphatic carboxylic acids is 1. The molecule has 0 radical (unpaired) electrons. The molecule has 0 atom stereocenters. The van der Waals surface area contributed by atoms with Crippen molar-refractivity contribution >= 4 is 40.0 Å². The van der Waals surface area contributed by atoms with E-state index in [1.807, 2.05) is 24.3 Å². The number of imidazole rings is 1. The monoisotopic (exact) mass is 618 g/mol. The number of quaternary nitrogens is 1. The number of aryl methyl sites for hydroxylation is 1. The minimum absolute atomic E-state index is 0.0602. The number of rotatable bonds is 12. The van der Waals surface area contributed by atoms with Crippen molar-refractivity contribution in [1.82, 2.24) is 13.6 Å². The summed E-state index contributed by atoms with van der Waals surface area (Å²) in [6.07, 6.45) is 2.22. The van der Waals surface area contributed by atoms with E-state index in [0.29, 0.717) is 32.9 Å². The second-order valence-corrected chi connectivity index (χ2v) is 13.1. The van der Waals surface area contributed by atoms with E-state index >= 15 is 0 Å². The fraction of sp³-hybridized carbons (Fsp3) is 0.308. The maximum Gasteiger partial charge on any atom is 0.336 e. The van der Waals surface area contributed by atoms with Crippen molar-refractivity contribution in [3.8, 4) is 0 Å². The number of benzene rings is 4. The molecular formula is C39H44N3O4+. The van der Waals surface area contributed by atoms with Crippen molar-refractivity contribution in [2.75, 3.05) is 7.05 Å². The minimum atomic E-state index is -0.921. The molecule has 1 heterocycles. The van der Waals surface area contributed by atoms with E-state index in [1.165, 1.54) is 20.3 Å². The van der Waals surface area contributed by atoms with Crippen molar-refractivity contribution in [1.29, 1.82) is 0 Å². The molecule has 0 saturated heterocycles. The van der Waals surface area contributed by atoms with Crippen LogP contribution in [0.3, 0.4) is 0 Å². The Kier molecular flexibility index (Phi) is 9.73. The van der Waals surface area contributed by atoms with Crippen LogP contribution in [0, 0.1) is 11.8 Å². The van der Waals surface area contributed by atoms with E-state index in [-0.39, 0.29) is 19.4 Å². The summed E-state index contributed by atoms with van der Waals surface area (Å²) in [4.78, 5) is 39.0. The average Bonchev–Trinajstić information content (AvgIpc) is 3.31. The second-order valence-electron chi connectivity index (χ2n) is 13.1. The normalized spacial score (nSPS) is 11.9. The lowest BCUT2D eigenvalue weighted by Crippen LogP contribution is -2.34. The molecule has 0 unspecified atom stereocenters. The molecule has 7 nitrogen and oxygen atoms in total. The lowest BCUT2D eigenvalue weighted by molar-refractivity contribution is -0.137. The number of nitrogens with zero attached hydrogens (tertiary/aromatic N) is 3. The first-order chi connectivity index (χ1) is 22.0. The lowest BCUT2D eigenvalue weighted by Gasteiger charge is -2.34. The van der Waals surface area contributed by atoms with E-state index in [1.54, 1.807) is 24.3 Å². The van der Waals surface area contributed by atoms with Crippen LogP contribution in [0.2, 0.25) is 0 Å². The van der Waals surface area contributed by atoms with Gasteiger partial charge in [-0.1, -0.05) is 70.2 Å². The molecule has 1 aromatic heterocycles. The van der Waals surface area contributed by atoms with Crippen LogP contribution in [0.4, 0.5) is 17.1 Å². The van der Waals surface area contributed by atoms with Crippen LogP contribution in [0.1, 0.15) is 62.0 Å². The number of carbonyl (C=O) groups is 2. The SMILES string of the molecule is CC(C)Cc1ccc([N+](C)(c2ccc(CC(C)C)cc2)c2cccc(C(=O)n3c(=O)n(CCCC(=O)O)c4ccccc43)c2)cc1. The fourth-order valence-corrected chi connectivity index (χ4v) is 6.31. The van der Waals surface area contributed by atoms with Crippen LogP contribution in [-0.2, 0) is 24.2 Å². The predicted octanol–water partition coefficient (Wildman–Crippen LogP) is 8.35. The lowest BCUT2D eigenvalue weighted by atomic mass is 10.0. The number of carboxylic acid groups (broad SMARTS) is 1. The predicted molar refractivity (Wildman–Crippen MR) is 186 cm³/mol. The maximum atomic E-state index is 14.2. The van der Waals surface area contributed by atoms with Gasteiger partial charge in [-0.15, -0.1) is 0 Å². The molecule has 7 heteroatoms. The number of carbonyl (C=O) groups excluding carboxylic acids is 1. The molecule has 5 rings (SSSR count). The van der Waals surface area contributed by atoms with Crippen molar-refractivity contribution in [3.05, 3.63) is 124 Å². The average molecular weight is 619 g/mol. The highest BCUT2D eigenvalue weighted by Crippen LogP contribution is 2.42.